The summed E-state index contributed by atoms with van der Waals surface area (Å²) in [6.45, 7) is 7.50. The number of amidine groups is 1. The molecule has 0 aromatic heterocycles. The molecule has 0 saturated heterocycles. The first-order valence-electron chi connectivity index (χ1n) is 6.79. The standard InChI is InChI=1S/C15H21ClN2S/c1-4-15(5-2)9-17-14(19-10-15)18-13-11(3)7-6-8-12(13)16/h6-8H,4-5,9-10H2,1-3H3,(H,17,18). The number of nitrogens with zero attached hydrogens (tertiary/aromatic N) is 1. The highest BCUT2D eigenvalue weighted by Crippen LogP contribution is 2.36. The highest BCUT2D eigenvalue weighted by molar-refractivity contribution is 8.14. The Balaban J connectivity index is 2.12. The van der Waals surface area contributed by atoms with Crippen LogP contribution in [0.25, 0.3) is 0 Å². The Hall–Kier alpha value is -0.670. The van der Waals surface area contributed by atoms with E-state index in [1.165, 1.54) is 12.8 Å². The number of hydrogen-bond donors (Lipinski definition) is 1. The summed E-state index contributed by atoms with van der Waals surface area (Å²) in [4.78, 5) is 4.71. The van der Waals surface area contributed by atoms with Gasteiger partial charge in [0.05, 0.1) is 10.7 Å². The number of para-hydroxylation sites is 1. The highest BCUT2D eigenvalue weighted by atomic mass is 35.5. The second-order valence-electron chi connectivity index (χ2n) is 5.17. The van der Waals surface area contributed by atoms with E-state index in [-0.39, 0.29) is 0 Å². The summed E-state index contributed by atoms with van der Waals surface area (Å²) in [6, 6.07) is 5.94. The molecule has 2 nitrogen and oxygen atoms in total. The van der Waals surface area contributed by atoms with E-state index in [2.05, 4.69) is 32.2 Å². The topological polar surface area (TPSA) is 24.4 Å². The van der Waals surface area contributed by atoms with E-state index < -0.39 is 0 Å². The van der Waals surface area contributed by atoms with Crippen molar-refractivity contribution in [1.29, 1.82) is 0 Å². The van der Waals surface area contributed by atoms with Gasteiger partial charge in [0.25, 0.3) is 0 Å². The first-order chi connectivity index (χ1) is 9.10. The molecule has 1 aromatic rings. The SMILES string of the molecule is CCC1(CC)CN=C(Nc2c(C)cccc2Cl)SC1. The molecule has 4 heteroatoms. The zero-order valence-corrected chi connectivity index (χ0v) is 13.4. The average Bonchev–Trinajstić information content (AvgIpc) is 2.44. The van der Waals surface area contributed by atoms with Gasteiger partial charge in [0.1, 0.15) is 0 Å². The molecule has 0 fully saturated rings. The van der Waals surface area contributed by atoms with E-state index in [0.29, 0.717) is 5.41 Å². The van der Waals surface area contributed by atoms with Crippen molar-refractivity contribution < 1.29 is 0 Å². The molecule has 0 unspecified atom stereocenters. The largest absolute Gasteiger partial charge is 0.334 e. The molecule has 0 radical (unpaired) electrons. The van der Waals surface area contributed by atoms with Gasteiger partial charge in [-0.05, 0) is 36.8 Å². The summed E-state index contributed by atoms with van der Waals surface area (Å²) >= 11 is 8.04. The molecule has 0 bridgehead atoms. The molecule has 0 amide bonds. The highest BCUT2D eigenvalue weighted by Gasteiger charge is 2.30. The predicted molar refractivity (Wildman–Crippen MR) is 87.6 cm³/mol. The molecule has 0 aliphatic carbocycles. The van der Waals surface area contributed by atoms with Crippen molar-refractivity contribution in [2.24, 2.45) is 10.4 Å². The van der Waals surface area contributed by atoms with Crippen molar-refractivity contribution in [1.82, 2.24) is 0 Å². The van der Waals surface area contributed by atoms with E-state index in [9.17, 15) is 0 Å². The molecular formula is C15H21ClN2S. The van der Waals surface area contributed by atoms with Gasteiger partial charge < -0.3 is 5.32 Å². The minimum absolute atomic E-state index is 0.380. The first-order valence-corrected chi connectivity index (χ1v) is 8.16. The van der Waals surface area contributed by atoms with Gasteiger partial charge in [-0.25, -0.2) is 0 Å². The maximum Gasteiger partial charge on any atom is 0.161 e. The molecular weight excluding hydrogens is 276 g/mol. The van der Waals surface area contributed by atoms with Gasteiger partial charge in [-0.1, -0.05) is 49.3 Å². The molecule has 1 aliphatic rings. The fourth-order valence-corrected chi connectivity index (χ4v) is 3.74. The second kappa shape index (κ2) is 6.19. The Morgan fingerprint density at radius 2 is 2.11 bits per heavy atom. The Labute approximate surface area is 125 Å². The number of aryl methyl sites for hydroxylation is 1. The lowest BCUT2D eigenvalue weighted by Crippen LogP contribution is -2.32. The van der Waals surface area contributed by atoms with Gasteiger partial charge >= 0.3 is 0 Å². The van der Waals surface area contributed by atoms with Gasteiger partial charge in [-0.3, -0.25) is 4.99 Å². The van der Waals surface area contributed by atoms with Crippen LogP contribution < -0.4 is 5.32 Å². The van der Waals surface area contributed by atoms with E-state index in [0.717, 1.165) is 33.7 Å². The Morgan fingerprint density at radius 3 is 2.63 bits per heavy atom. The molecule has 1 heterocycles. The van der Waals surface area contributed by atoms with Crippen molar-refractivity contribution in [2.45, 2.75) is 33.6 Å². The zero-order valence-electron chi connectivity index (χ0n) is 11.8. The van der Waals surface area contributed by atoms with Gasteiger partial charge in [-0.2, -0.15) is 0 Å². The van der Waals surface area contributed by atoms with Crippen LogP contribution in [-0.2, 0) is 0 Å². The van der Waals surface area contributed by atoms with Crippen LogP contribution in [0, 0.1) is 12.3 Å². The normalized spacial score (nSPS) is 18.0. The van der Waals surface area contributed by atoms with E-state index in [4.69, 9.17) is 16.6 Å². The summed E-state index contributed by atoms with van der Waals surface area (Å²) in [5.41, 5.74) is 2.51. The van der Waals surface area contributed by atoms with Crippen LogP contribution in [-0.4, -0.2) is 17.5 Å². The third-order valence-corrected chi connectivity index (χ3v) is 5.60. The third-order valence-electron chi connectivity index (χ3n) is 4.03. The van der Waals surface area contributed by atoms with E-state index >= 15 is 0 Å². The third kappa shape index (κ3) is 3.26. The fraction of sp³-hybridized carbons (Fsp3) is 0.533. The number of halogens is 1. The van der Waals surface area contributed by atoms with E-state index in [1.54, 1.807) is 0 Å². The number of thioether (sulfide) groups is 1. The van der Waals surface area contributed by atoms with Crippen LogP contribution in [0.4, 0.5) is 5.69 Å². The molecule has 0 saturated carbocycles. The lowest BCUT2D eigenvalue weighted by molar-refractivity contribution is 0.318. The van der Waals surface area contributed by atoms with Crippen LogP contribution in [0.5, 0.6) is 0 Å². The minimum Gasteiger partial charge on any atom is -0.334 e. The van der Waals surface area contributed by atoms with Crippen LogP contribution in [0.3, 0.4) is 0 Å². The van der Waals surface area contributed by atoms with Crippen molar-refractivity contribution in [3.63, 3.8) is 0 Å². The van der Waals surface area contributed by atoms with Crippen LogP contribution >= 0.6 is 23.4 Å². The molecule has 1 aromatic carbocycles. The average molecular weight is 297 g/mol. The first kappa shape index (κ1) is 14.7. The summed E-state index contributed by atoms with van der Waals surface area (Å²) in [6.07, 6.45) is 2.39. The second-order valence-corrected chi connectivity index (χ2v) is 6.55. The van der Waals surface area contributed by atoms with Crippen molar-refractivity contribution in [3.8, 4) is 0 Å². The summed E-state index contributed by atoms with van der Waals surface area (Å²) in [5, 5.41) is 5.13. The van der Waals surface area contributed by atoms with Crippen molar-refractivity contribution in [2.75, 3.05) is 17.6 Å². The Morgan fingerprint density at radius 1 is 1.37 bits per heavy atom. The molecule has 19 heavy (non-hydrogen) atoms. The Kier molecular flexibility index (Phi) is 4.80. The summed E-state index contributed by atoms with van der Waals surface area (Å²) in [5.74, 6) is 1.13. The molecule has 0 spiro atoms. The Bertz CT molecular complexity index is 461. The molecule has 0 atom stereocenters. The lowest BCUT2D eigenvalue weighted by Gasteiger charge is -2.33. The zero-order chi connectivity index (χ0) is 13.9. The molecule has 2 rings (SSSR count). The molecule has 104 valence electrons. The van der Waals surface area contributed by atoms with Crippen molar-refractivity contribution >= 4 is 34.2 Å². The number of anilines is 1. The lowest BCUT2D eigenvalue weighted by atomic mass is 9.84. The van der Waals surface area contributed by atoms with Gasteiger partial charge in [0.15, 0.2) is 5.17 Å². The van der Waals surface area contributed by atoms with Crippen LogP contribution in [0.15, 0.2) is 23.2 Å². The monoisotopic (exact) mass is 296 g/mol. The number of nitrogens with one attached hydrogen (secondary N) is 1. The summed E-state index contributed by atoms with van der Waals surface area (Å²) in [7, 11) is 0. The van der Waals surface area contributed by atoms with Crippen LogP contribution in [0.2, 0.25) is 5.02 Å². The van der Waals surface area contributed by atoms with Gasteiger partial charge in [-0.15, -0.1) is 0 Å². The molecule has 1 N–H and O–H groups in total. The van der Waals surface area contributed by atoms with Gasteiger partial charge in [0.2, 0.25) is 0 Å². The number of benzene rings is 1. The predicted octanol–water partition coefficient (Wildman–Crippen LogP) is 4.97. The smallest absolute Gasteiger partial charge is 0.161 e. The maximum atomic E-state index is 6.23. The van der Waals surface area contributed by atoms with Gasteiger partial charge in [0, 0.05) is 12.3 Å². The minimum atomic E-state index is 0.380. The fourth-order valence-electron chi connectivity index (χ4n) is 2.20. The number of rotatable bonds is 3. The number of aliphatic imine (C=N–C) groups is 1. The van der Waals surface area contributed by atoms with Crippen LogP contribution in [0.1, 0.15) is 32.3 Å². The summed E-state index contributed by atoms with van der Waals surface area (Å²) < 4.78 is 0. The number of hydrogen-bond acceptors (Lipinski definition) is 3. The quantitative estimate of drug-likeness (QED) is 0.851. The van der Waals surface area contributed by atoms with E-state index in [1.807, 2.05) is 23.9 Å². The molecule has 1 aliphatic heterocycles. The van der Waals surface area contributed by atoms with Crippen molar-refractivity contribution in [3.05, 3.63) is 28.8 Å². The maximum absolute atomic E-state index is 6.23.